The minimum absolute atomic E-state index is 0.254. The molecule has 2 saturated heterocycles. The van der Waals surface area contributed by atoms with Crippen LogP contribution in [0.3, 0.4) is 0 Å². The molecule has 1 amide bonds. The molecule has 0 radical (unpaired) electrons. The molecule has 0 aromatic rings. The van der Waals surface area contributed by atoms with Crippen molar-refractivity contribution < 1.29 is 64.6 Å². The highest BCUT2D eigenvalue weighted by Gasteiger charge is 2.51. The van der Waals surface area contributed by atoms with Crippen LogP contribution in [0.15, 0.2) is 72.9 Å². The van der Waals surface area contributed by atoms with Crippen LogP contribution in [-0.2, 0) is 23.7 Å². The van der Waals surface area contributed by atoms with Gasteiger partial charge in [0.1, 0.15) is 48.8 Å². The molecule has 73 heavy (non-hydrogen) atoms. The first-order valence-electron chi connectivity index (χ1n) is 28.7. The van der Waals surface area contributed by atoms with Gasteiger partial charge in [-0.25, -0.2) is 0 Å². The maximum Gasteiger partial charge on any atom is 0.220 e. The molecule has 14 heteroatoms. The van der Waals surface area contributed by atoms with Crippen molar-refractivity contribution in [1.29, 1.82) is 0 Å². The lowest BCUT2D eigenvalue weighted by atomic mass is 9.97. The molecule has 12 unspecified atom stereocenters. The van der Waals surface area contributed by atoms with Gasteiger partial charge in [0.15, 0.2) is 12.6 Å². The number of hydrogen-bond acceptors (Lipinski definition) is 13. The minimum atomic E-state index is -1.79. The van der Waals surface area contributed by atoms with E-state index in [1.807, 2.05) is 6.08 Å². The highest BCUT2D eigenvalue weighted by atomic mass is 16.7. The Labute approximate surface area is 440 Å². The summed E-state index contributed by atoms with van der Waals surface area (Å²) in [5.74, 6) is -0.254. The average molecular weight is 1030 g/mol. The zero-order valence-electron chi connectivity index (χ0n) is 45.1. The monoisotopic (exact) mass is 1030 g/mol. The zero-order chi connectivity index (χ0) is 53.2. The van der Waals surface area contributed by atoms with Crippen LogP contribution in [0.1, 0.15) is 200 Å². The summed E-state index contributed by atoms with van der Waals surface area (Å²) in [6.45, 7) is 2.63. The topological polar surface area (TPSA) is 228 Å². The predicted molar refractivity (Wildman–Crippen MR) is 290 cm³/mol. The van der Waals surface area contributed by atoms with Crippen molar-refractivity contribution in [3.63, 3.8) is 0 Å². The van der Waals surface area contributed by atoms with Gasteiger partial charge < -0.3 is 65.1 Å². The van der Waals surface area contributed by atoms with Crippen LogP contribution in [0.25, 0.3) is 0 Å². The van der Waals surface area contributed by atoms with E-state index in [1.165, 1.54) is 109 Å². The summed E-state index contributed by atoms with van der Waals surface area (Å²) >= 11 is 0. The highest BCUT2D eigenvalue weighted by Crippen LogP contribution is 2.30. The van der Waals surface area contributed by atoms with E-state index >= 15 is 0 Å². The number of aliphatic hydroxyl groups is 8. The second-order valence-corrected chi connectivity index (χ2v) is 20.0. The number of unbranched alkanes of at least 4 members (excludes halogenated alkanes) is 21. The van der Waals surface area contributed by atoms with Crippen LogP contribution in [0.2, 0.25) is 0 Å². The minimum Gasteiger partial charge on any atom is -0.394 e. The molecule has 0 spiro atoms. The largest absolute Gasteiger partial charge is 0.394 e. The number of hydrogen-bond donors (Lipinski definition) is 9. The van der Waals surface area contributed by atoms with Crippen molar-refractivity contribution in [2.75, 3.05) is 19.8 Å². The van der Waals surface area contributed by atoms with Gasteiger partial charge in [-0.2, -0.15) is 0 Å². The molecule has 2 aliphatic rings. The molecule has 0 aromatic carbocycles. The molecular weight excluding hydrogens is 931 g/mol. The average Bonchev–Trinajstić information content (AvgIpc) is 3.39. The lowest BCUT2D eigenvalue weighted by Gasteiger charge is -2.46. The van der Waals surface area contributed by atoms with E-state index in [0.717, 1.165) is 57.8 Å². The van der Waals surface area contributed by atoms with E-state index in [-0.39, 0.29) is 18.9 Å². The molecule has 422 valence electrons. The number of rotatable bonds is 44. The van der Waals surface area contributed by atoms with Gasteiger partial charge in [-0.3, -0.25) is 4.79 Å². The Morgan fingerprint density at radius 1 is 0.507 bits per heavy atom. The standard InChI is InChI=1S/C59H103NO13/c1-3-5-7-9-11-13-15-17-18-19-20-21-22-23-24-25-26-27-28-29-30-31-33-35-37-39-41-43-51(64)60-47(48(63)42-40-38-36-34-32-16-14-12-10-8-6-4-2)46-70-58-56(69)54(67)57(50(45-62)72-58)73-59-55(68)53(66)52(65)49(44-61)71-59/h5,7,11,13,17-18,20-21,32,34,40,42,47-50,52-59,61-63,65-69H,3-4,6,8-10,12,14-16,19,22-31,33,35-39,41,43-46H2,1-2H3,(H,60,64)/b7-5-,13-11-,18-17-,21-20-,34-32+,42-40+. The SMILES string of the molecule is CC/C=C\C/C=C\C/C=C\C/C=C\CCCCCCCCCCCCCCCCC(=O)NC(COC1OC(CO)C(OC2OC(CO)C(O)C(O)C2O)C(O)C1O)C(O)/C=C/CC/C=C/CCCCCCCC. The van der Waals surface area contributed by atoms with E-state index in [4.69, 9.17) is 18.9 Å². The highest BCUT2D eigenvalue weighted by molar-refractivity contribution is 5.76. The first kappa shape index (κ1) is 66.5. The van der Waals surface area contributed by atoms with Gasteiger partial charge in [0.05, 0.1) is 32.0 Å². The van der Waals surface area contributed by atoms with Crippen LogP contribution in [0, 0.1) is 0 Å². The van der Waals surface area contributed by atoms with Gasteiger partial charge in [-0.05, 0) is 70.6 Å². The molecule has 0 bridgehead atoms. The predicted octanol–water partition coefficient (Wildman–Crippen LogP) is 9.16. The Kier molecular flexibility index (Phi) is 40.6. The van der Waals surface area contributed by atoms with Crippen molar-refractivity contribution in [2.45, 2.75) is 274 Å². The lowest BCUT2D eigenvalue weighted by molar-refractivity contribution is -0.359. The lowest BCUT2D eigenvalue weighted by Crippen LogP contribution is -2.65. The molecule has 12 atom stereocenters. The number of amides is 1. The number of allylic oxidation sites excluding steroid dienone is 11. The van der Waals surface area contributed by atoms with E-state index in [2.05, 4.69) is 79.9 Å². The fraction of sp³-hybridized carbons (Fsp3) is 0.780. The van der Waals surface area contributed by atoms with Crippen molar-refractivity contribution in [3.05, 3.63) is 72.9 Å². The van der Waals surface area contributed by atoms with Crippen LogP contribution >= 0.6 is 0 Å². The second kappa shape index (κ2) is 44.5. The number of carbonyl (C=O) groups is 1. The van der Waals surface area contributed by atoms with Gasteiger partial charge in [0.2, 0.25) is 5.91 Å². The molecule has 0 saturated carbocycles. The molecule has 0 aromatic heterocycles. The molecule has 2 heterocycles. The van der Waals surface area contributed by atoms with Gasteiger partial charge in [0, 0.05) is 6.42 Å². The van der Waals surface area contributed by atoms with Crippen molar-refractivity contribution >= 4 is 5.91 Å². The third-order valence-corrected chi connectivity index (χ3v) is 13.6. The van der Waals surface area contributed by atoms with Crippen LogP contribution in [0.5, 0.6) is 0 Å². The van der Waals surface area contributed by atoms with E-state index < -0.39 is 86.8 Å². The second-order valence-electron chi connectivity index (χ2n) is 20.0. The summed E-state index contributed by atoms with van der Waals surface area (Å²) in [6, 6.07) is -0.933. The van der Waals surface area contributed by atoms with E-state index in [9.17, 15) is 45.6 Å². The van der Waals surface area contributed by atoms with E-state index in [0.29, 0.717) is 12.8 Å². The Hall–Kier alpha value is -2.57. The van der Waals surface area contributed by atoms with Gasteiger partial charge >= 0.3 is 0 Å². The Morgan fingerprint density at radius 3 is 1.51 bits per heavy atom. The zero-order valence-corrected chi connectivity index (χ0v) is 45.1. The molecule has 14 nitrogen and oxygen atoms in total. The molecule has 9 N–H and O–H groups in total. The molecular formula is C59H103NO13. The van der Waals surface area contributed by atoms with Crippen LogP contribution in [0.4, 0.5) is 0 Å². The maximum absolute atomic E-state index is 13.2. The first-order valence-corrected chi connectivity index (χ1v) is 28.7. The summed E-state index contributed by atoms with van der Waals surface area (Å²) in [5.41, 5.74) is 0. The Balaban J connectivity index is 1.72. The van der Waals surface area contributed by atoms with Crippen LogP contribution in [-0.4, -0.2) is 140 Å². The molecule has 0 aliphatic carbocycles. The van der Waals surface area contributed by atoms with Crippen LogP contribution < -0.4 is 5.32 Å². The van der Waals surface area contributed by atoms with Gasteiger partial charge in [0.25, 0.3) is 0 Å². The Bertz CT molecular complexity index is 1500. The summed E-state index contributed by atoms with van der Waals surface area (Å²) in [7, 11) is 0. The van der Waals surface area contributed by atoms with Crippen molar-refractivity contribution in [2.24, 2.45) is 0 Å². The summed E-state index contributed by atoms with van der Waals surface area (Å²) in [4.78, 5) is 13.2. The van der Waals surface area contributed by atoms with Crippen molar-refractivity contribution in [3.8, 4) is 0 Å². The van der Waals surface area contributed by atoms with Crippen molar-refractivity contribution in [1.82, 2.24) is 5.32 Å². The maximum atomic E-state index is 13.2. The van der Waals surface area contributed by atoms with Gasteiger partial charge in [-0.15, -0.1) is 0 Å². The van der Waals surface area contributed by atoms with E-state index in [1.54, 1.807) is 6.08 Å². The summed E-state index contributed by atoms with van der Waals surface area (Å²) in [5, 5.41) is 86.9. The van der Waals surface area contributed by atoms with Gasteiger partial charge in [-0.1, -0.05) is 196 Å². The number of nitrogens with one attached hydrogen (secondary N) is 1. The quantitative estimate of drug-likeness (QED) is 0.0205. The smallest absolute Gasteiger partial charge is 0.220 e. The first-order chi connectivity index (χ1) is 35.6. The number of carbonyl (C=O) groups excluding carboxylic acids is 1. The Morgan fingerprint density at radius 2 is 0.959 bits per heavy atom. The molecule has 2 fully saturated rings. The fourth-order valence-electron chi connectivity index (χ4n) is 9.00. The normalized spacial score (nSPS) is 25.9. The third-order valence-electron chi connectivity index (χ3n) is 13.6. The molecule has 2 rings (SSSR count). The number of aliphatic hydroxyl groups excluding tert-OH is 8. The third kappa shape index (κ3) is 30.7. The fourth-order valence-corrected chi connectivity index (χ4v) is 9.00. The summed E-state index contributed by atoms with van der Waals surface area (Å²) < 4.78 is 22.7. The molecule has 2 aliphatic heterocycles. The summed E-state index contributed by atoms with van der Waals surface area (Å²) in [6.07, 6.45) is 40.9. The number of ether oxygens (including phenoxy) is 4.